The fraction of sp³-hybridized carbons (Fsp3) is 0.571. The molecule has 20 heavy (non-hydrogen) atoms. The van der Waals surface area contributed by atoms with Crippen molar-refractivity contribution in [3.8, 4) is 0 Å². The first-order valence-electron chi connectivity index (χ1n) is 6.77. The minimum Gasteiger partial charge on any atom is -0.386 e. The predicted octanol–water partition coefficient (Wildman–Crippen LogP) is 0.175. The quantitative estimate of drug-likeness (QED) is 0.777. The van der Waals surface area contributed by atoms with Crippen LogP contribution in [0.2, 0.25) is 0 Å². The molecule has 1 aromatic heterocycles. The molecule has 1 aliphatic rings. The van der Waals surface area contributed by atoms with Gasteiger partial charge in [0.1, 0.15) is 11.4 Å². The second-order valence-electron chi connectivity index (χ2n) is 5.10. The van der Waals surface area contributed by atoms with Gasteiger partial charge in [-0.2, -0.15) is 0 Å². The number of β-amino-alcohol motifs (C(OH)–C–C–N with tert-alkyl or cyclic N) is 1. The maximum atomic E-state index is 11.5. The number of anilines is 1. The van der Waals surface area contributed by atoms with Gasteiger partial charge in [-0.15, -0.1) is 0 Å². The van der Waals surface area contributed by atoms with Gasteiger partial charge in [0.25, 0.3) is 0 Å². The van der Waals surface area contributed by atoms with E-state index in [4.69, 9.17) is 4.74 Å². The molecule has 0 aliphatic carbocycles. The minimum absolute atomic E-state index is 0.100. The Hall–Kier alpha value is -1.66. The van der Waals surface area contributed by atoms with Crippen LogP contribution < -0.4 is 10.2 Å². The summed E-state index contributed by atoms with van der Waals surface area (Å²) < 4.78 is 4.84. The third kappa shape index (κ3) is 3.91. The van der Waals surface area contributed by atoms with E-state index in [1.807, 2.05) is 23.1 Å². The van der Waals surface area contributed by atoms with E-state index in [0.29, 0.717) is 26.0 Å². The van der Waals surface area contributed by atoms with Crippen LogP contribution >= 0.6 is 0 Å². The molecule has 1 fully saturated rings. The number of hydrogen-bond acceptors (Lipinski definition) is 5. The molecule has 0 bridgehead atoms. The molecule has 2 rings (SSSR count). The SMILES string of the molecule is COCCC(=O)NC[C@@]1(O)CCN(c2ccccn2)C1. The Morgan fingerprint density at radius 2 is 2.45 bits per heavy atom. The van der Waals surface area contributed by atoms with Gasteiger partial charge >= 0.3 is 0 Å². The molecule has 2 heterocycles. The van der Waals surface area contributed by atoms with Crippen LogP contribution in [0.1, 0.15) is 12.8 Å². The summed E-state index contributed by atoms with van der Waals surface area (Å²) in [6.45, 7) is 1.87. The molecule has 6 heteroatoms. The monoisotopic (exact) mass is 279 g/mol. The van der Waals surface area contributed by atoms with Crippen LogP contribution in [-0.4, -0.2) is 54.9 Å². The average molecular weight is 279 g/mol. The van der Waals surface area contributed by atoms with Gasteiger partial charge in [-0.1, -0.05) is 6.07 Å². The number of aromatic nitrogens is 1. The van der Waals surface area contributed by atoms with Crippen molar-refractivity contribution in [1.82, 2.24) is 10.3 Å². The maximum absolute atomic E-state index is 11.5. The fourth-order valence-electron chi connectivity index (χ4n) is 2.28. The first-order chi connectivity index (χ1) is 9.63. The predicted molar refractivity (Wildman–Crippen MR) is 75.5 cm³/mol. The van der Waals surface area contributed by atoms with Gasteiger partial charge in [0, 0.05) is 39.4 Å². The Morgan fingerprint density at radius 3 is 3.15 bits per heavy atom. The van der Waals surface area contributed by atoms with E-state index in [1.54, 1.807) is 13.3 Å². The molecule has 1 atom stereocenters. The van der Waals surface area contributed by atoms with Gasteiger partial charge in [0.05, 0.1) is 6.61 Å². The lowest BCUT2D eigenvalue weighted by atomic mass is 10.0. The molecular weight excluding hydrogens is 258 g/mol. The van der Waals surface area contributed by atoms with E-state index in [2.05, 4.69) is 10.3 Å². The van der Waals surface area contributed by atoms with Crippen molar-refractivity contribution in [2.75, 3.05) is 38.3 Å². The summed E-state index contributed by atoms with van der Waals surface area (Å²) in [6.07, 6.45) is 2.67. The summed E-state index contributed by atoms with van der Waals surface area (Å²) in [5.74, 6) is 0.755. The highest BCUT2D eigenvalue weighted by Gasteiger charge is 2.36. The Morgan fingerprint density at radius 1 is 1.60 bits per heavy atom. The molecule has 1 saturated heterocycles. The van der Waals surface area contributed by atoms with E-state index in [-0.39, 0.29) is 12.5 Å². The lowest BCUT2D eigenvalue weighted by Crippen LogP contribution is -2.45. The molecule has 0 aromatic carbocycles. The van der Waals surface area contributed by atoms with Crippen LogP contribution in [-0.2, 0) is 9.53 Å². The smallest absolute Gasteiger partial charge is 0.222 e. The number of pyridine rings is 1. The minimum atomic E-state index is -0.889. The number of nitrogens with one attached hydrogen (secondary N) is 1. The van der Waals surface area contributed by atoms with Crippen LogP contribution in [0.5, 0.6) is 0 Å². The average Bonchev–Trinajstić information content (AvgIpc) is 2.87. The third-order valence-corrected chi connectivity index (χ3v) is 3.45. The van der Waals surface area contributed by atoms with Crippen LogP contribution in [0.15, 0.2) is 24.4 Å². The first-order valence-corrected chi connectivity index (χ1v) is 6.77. The number of carbonyl (C=O) groups excluding carboxylic acids is 1. The lowest BCUT2D eigenvalue weighted by molar-refractivity contribution is -0.123. The van der Waals surface area contributed by atoms with E-state index in [0.717, 1.165) is 12.4 Å². The molecule has 6 nitrogen and oxygen atoms in total. The number of rotatable bonds is 6. The fourth-order valence-corrected chi connectivity index (χ4v) is 2.28. The van der Waals surface area contributed by atoms with E-state index >= 15 is 0 Å². The van der Waals surface area contributed by atoms with E-state index in [9.17, 15) is 9.90 Å². The first kappa shape index (κ1) is 14.7. The number of aliphatic hydroxyl groups is 1. The molecular formula is C14H21N3O3. The van der Waals surface area contributed by atoms with Crippen LogP contribution in [0.3, 0.4) is 0 Å². The van der Waals surface area contributed by atoms with Gasteiger partial charge in [0.2, 0.25) is 5.91 Å². The summed E-state index contributed by atoms with van der Waals surface area (Å²) in [5.41, 5.74) is -0.889. The highest BCUT2D eigenvalue weighted by atomic mass is 16.5. The molecule has 0 radical (unpaired) electrons. The van der Waals surface area contributed by atoms with E-state index in [1.165, 1.54) is 0 Å². The van der Waals surface area contributed by atoms with Crippen molar-refractivity contribution in [1.29, 1.82) is 0 Å². The summed E-state index contributed by atoms with van der Waals surface area (Å²) >= 11 is 0. The topological polar surface area (TPSA) is 74.7 Å². The molecule has 0 unspecified atom stereocenters. The summed E-state index contributed by atoms with van der Waals surface area (Å²) in [7, 11) is 1.56. The number of hydrogen-bond donors (Lipinski definition) is 2. The summed E-state index contributed by atoms with van der Waals surface area (Å²) in [5, 5.41) is 13.2. The zero-order valence-electron chi connectivity index (χ0n) is 11.7. The molecule has 1 aliphatic heterocycles. The van der Waals surface area contributed by atoms with Crippen molar-refractivity contribution < 1.29 is 14.6 Å². The Labute approximate surface area is 118 Å². The van der Waals surface area contributed by atoms with Crippen molar-refractivity contribution in [2.24, 2.45) is 0 Å². The maximum Gasteiger partial charge on any atom is 0.222 e. The van der Waals surface area contributed by atoms with Crippen molar-refractivity contribution in [3.05, 3.63) is 24.4 Å². The zero-order chi connectivity index (χ0) is 14.4. The number of methoxy groups -OCH3 is 1. The number of ether oxygens (including phenoxy) is 1. The van der Waals surface area contributed by atoms with Crippen LogP contribution in [0.25, 0.3) is 0 Å². The van der Waals surface area contributed by atoms with Gasteiger partial charge in [-0.05, 0) is 18.6 Å². The van der Waals surface area contributed by atoms with E-state index < -0.39 is 5.60 Å². The third-order valence-electron chi connectivity index (χ3n) is 3.45. The molecule has 1 amide bonds. The van der Waals surface area contributed by atoms with Crippen LogP contribution in [0, 0.1) is 0 Å². The number of carbonyl (C=O) groups is 1. The number of amides is 1. The summed E-state index contributed by atoms with van der Waals surface area (Å²) in [6, 6.07) is 5.71. The van der Waals surface area contributed by atoms with Crippen LogP contribution in [0.4, 0.5) is 5.82 Å². The van der Waals surface area contributed by atoms with Gasteiger partial charge < -0.3 is 20.1 Å². The molecule has 0 saturated carbocycles. The van der Waals surface area contributed by atoms with Crippen molar-refractivity contribution in [2.45, 2.75) is 18.4 Å². The lowest BCUT2D eigenvalue weighted by Gasteiger charge is -2.24. The second kappa shape index (κ2) is 6.67. The molecule has 2 N–H and O–H groups in total. The highest BCUT2D eigenvalue weighted by Crippen LogP contribution is 2.24. The molecule has 110 valence electrons. The molecule has 0 spiro atoms. The zero-order valence-corrected chi connectivity index (χ0v) is 11.7. The van der Waals surface area contributed by atoms with Gasteiger partial charge in [-0.3, -0.25) is 4.79 Å². The number of nitrogens with zero attached hydrogens (tertiary/aromatic N) is 2. The van der Waals surface area contributed by atoms with Crippen molar-refractivity contribution in [3.63, 3.8) is 0 Å². The Kier molecular flexibility index (Phi) is 4.92. The Balaban J connectivity index is 1.83. The Bertz CT molecular complexity index is 441. The van der Waals surface area contributed by atoms with Gasteiger partial charge in [-0.25, -0.2) is 4.98 Å². The highest BCUT2D eigenvalue weighted by molar-refractivity contribution is 5.76. The van der Waals surface area contributed by atoms with Crippen molar-refractivity contribution >= 4 is 11.7 Å². The standard InChI is InChI=1S/C14H21N3O3/c1-20-9-5-13(18)16-10-14(19)6-8-17(11-14)12-4-2-3-7-15-12/h2-4,7,19H,5-6,8-11H2,1H3,(H,16,18)/t14-/m0/s1. The largest absolute Gasteiger partial charge is 0.386 e. The van der Waals surface area contributed by atoms with Gasteiger partial charge in [0.15, 0.2) is 0 Å². The second-order valence-corrected chi connectivity index (χ2v) is 5.10. The molecule has 1 aromatic rings. The normalized spacial score (nSPS) is 22.0. The summed E-state index contributed by atoms with van der Waals surface area (Å²) in [4.78, 5) is 17.8.